The second kappa shape index (κ2) is 6.57. The van der Waals surface area contributed by atoms with E-state index >= 15 is 0 Å². The molecule has 0 saturated carbocycles. The van der Waals surface area contributed by atoms with Crippen molar-refractivity contribution < 1.29 is 22.1 Å². The molecule has 1 amide bonds. The average molecular weight is 367 g/mol. The van der Waals surface area contributed by atoms with Gasteiger partial charge in [-0.15, -0.1) is 0 Å². The zero-order valence-corrected chi connectivity index (χ0v) is 14.6. The summed E-state index contributed by atoms with van der Waals surface area (Å²) in [6.07, 6.45) is 0.970. The molecule has 0 bridgehead atoms. The first-order valence-electron chi connectivity index (χ1n) is 7.81. The van der Waals surface area contributed by atoms with Gasteiger partial charge in [0.25, 0.3) is 0 Å². The summed E-state index contributed by atoms with van der Waals surface area (Å²) in [5, 5.41) is 6.25. The highest BCUT2D eigenvalue weighted by molar-refractivity contribution is 7.89. The molecule has 1 aliphatic rings. The van der Waals surface area contributed by atoms with Crippen LogP contribution in [0.4, 0.5) is 10.2 Å². The molecular formula is C16H18FN3O4S. The summed E-state index contributed by atoms with van der Waals surface area (Å²) in [4.78, 5) is 12.4. The Bertz CT molecular complexity index is 910. The predicted octanol–water partition coefficient (Wildman–Crippen LogP) is 2.22. The molecule has 3 rings (SSSR count). The van der Waals surface area contributed by atoms with Crippen LogP contribution in [-0.4, -0.2) is 36.4 Å². The van der Waals surface area contributed by atoms with Gasteiger partial charge in [-0.3, -0.25) is 4.79 Å². The van der Waals surface area contributed by atoms with Crippen LogP contribution in [0.1, 0.15) is 24.2 Å². The zero-order chi connectivity index (χ0) is 18.2. The van der Waals surface area contributed by atoms with E-state index in [0.29, 0.717) is 18.6 Å². The molecular weight excluding hydrogens is 349 g/mol. The summed E-state index contributed by atoms with van der Waals surface area (Å²) in [7, 11) is -3.90. The lowest BCUT2D eigenvalue weighted by atomic mass is 10.2. The molecule has 1 atom stereocenters. The number of aryl methyl sites for hydroxylation is 2. The van der Waals surface area contributed by atoms with Crippen LogP contribution in [0.5, 0.6) is 0 Å². The number of anilines is 1. The molecule has 2 heterocycles. The molecule has 1 aliphatic heterocycles. The largest absolute Gasteiger partial charge is 0.360 e. The Balaban J connectivity index is 1.84. The highest BCUT2D eigenvalue weighted by atomic mass is 32.2. The van der Waals surface area contributed by atoms with E-state index in [1.54, 1.807) is 13.0 Å². The Morgan fingerprint density at radius 2 is 2.12 bits per heavy atom. The van der Waals surface area contributed by atoms with Gasteiger partial charge in [0.05, 0.1) is 4.90 Å². The summed E-state index contributed by atoms with van der Waals surface area (Å²) < 4.78 is 45.2. The SMILES string of the molecule is Cc1cc(NC(=O)[C@H]2CCCN2S(=O)(=O)c2ccc(F)c(C)c2)no1. The maximum absolute atomic E-state index is 13.4. The smallest absolute Gasteiger partial charge is 0.244 e. The monoisotopic (exact) mass is 367 g/mol. The van der Waals surface area contributed by atoms with Gasteiger partial charge in [0, 0.05) is 12.6 Å². The molecule has 0 radical (unpaired) electrons. The van der Waals surface area contributed by atoms with E-state index in [-0.39, 0.29) is 22.8 Å². The van der Waals surface area contributed by atoms with Crippen LogP contribution in [0.2, 0.25) is 0 Å². The van der Waals surface area contributed by atoms with Crippen LogP contribution in [0.25, 0.3) is 0 Å². The molecule has 1 saturated heterocycles. The number of carbonyl (C=O) groups is 1. The quantitative estimate of drug-likeness (QED) is 0.894. The van der Waals surface area contributed by atoms with Crippen molar-refractivity contribution in [1.29, 1.82) is 0 Å². The molecule has 0 spiro atoms. The van der Waals surface area contributed by atoms with Crippen LogP contribution in [-0.2, 0) is 14.8 Å². The topological polar surface area (TPSA) is 92.5 Å². The zero-order valence-electron chi connectivity index (χ0n) is 13.8. The van der Waals surface area contributed by atoms with Gasteiger partial charge in [0.2, 0.25) is 15.9 Å². The van der Waals surface area contributed by atoms with Gasteiger partial charge in [-0.2, -0.15) is 4.31 Å². The fourth-order valence-corrected chi connectivity index (χ4v) is 4.58. The Hall–Kier alpha value is -2.26. The third-order valence-electron chi connectivity index (χ3n) is 4.12. The molecule has 0 unspecified atom stereocenters. The molecule has 2 aromatic rings. The summed E-state index contributed by atoms with van der Waals surface area (Å²) in [5.41, 5.74) is 0.236. The molecule has 0 aliphatic carbocycles. The maximum atomic E-state index is 13.4. The van der Waals surface area contributed by atoms with Gasteiger partial charge in [-0.05, 0) is 50.5 Å². The minimum atomic E-state index is -3.90. The molecule has 1 aromatic carbocycles. The first-order chi connectivity index (χ1) is 11.8. The van der Waals surface area contributed by atoms with Gasteiger partial charge in [-0.1, -0.05) is 5.16 Å². The predicted molar refractivity (Wildman–Crippen MR) is 87.9 cm³/mol. The summed E-state index contributed by atoms with van der Waals surface area (Å²) in [6, 6.07) is 4.32. The number of carbonyl (C=O) groups excluding carboxylic acids is 1. The standard InChI is InChI=1S/C16H18FN3O4S/c1-10-8-12(5-6-13(10)17)25(22,23)20-7-3-4-14(20)16(21)18-15-9-11(2)24-19-15/h5-6,8-9,14H,3-4,7H2,1-2H3,(H,18,19,21)/t14-/m1/s1. The lowest BCUT2D eigenvalue weighted by molar-refractivity contribution is -0.119. The number of hydrogen-bond donors (Lipinski definition) is 1. The van der Waals surface area contributed by atoms with Crippen molar-refractivity contribution in [2.45, 2.75) is 37.6 Å². The molecule has 1 N–H and O–H groups in total. The maximum Gasteiger partial charge on any atom is 0.244 e. The van der Waals surface area contributed by atoms with Crippen molar-refractivity contribution >= 4 is 21.7 Å². The van der Waals surface area contributed by atoms with Gasteiger partial charge < -0.3 is 9.84 Å². The Kier molecular flexibility index (Phi) is 4.61. The highest BCUT2D eigenvalue weighted by Crippen LogP contribution is 2.28. The van der Waals surface area contributed by atoms with E-state index in [2.05, 4.69) is 10.5 Å². The Morgan fingerprint density at radius 1 is 1.36 bits per heavy atom. The van der Waals surface area contributed by atoms with Crippen molar-refractivity contribution in [3.63, 3.8) is 0 Å². The van der Waals surface area contributed by atoms with Crippen molar-refractivity contribution in [2.24, 2.45) is 0 Å². The molecule has 7 nitrogen and oxygen atoms in total. The van der Waals surface area contributed by atoms with Crippen molar-refractivity contribution in [1.82, 2.24) is 9.46 Å². The highest BCUT2D eigenvalue weighted by Gasteiger charge is 2.39. The minimum Gasteiger partial charge on any atom is -0.360 e. The van der Waals surface area contributed by atoms with Crippen LogP contribution >= 0.6 is 0 Å². The number of halogens is 1. The van der Waals surface area contributed by atoms with Crippen LogP contribution in [0, 0.1) is 19.7 Å². The number of benzene rings is 1. The first-order valence-corrected chi connectivity index (χ1v) is 9.25. The van der Waals surface area contributed by atoms with Gasteiger partial charge in [0.1, 0.15) is 17.6 Å². The third kappa shape index (κ3) is 3.42. The van der Waals surface area contributed by atoms with Crippen molar-refractivity contribution in [2.75, 3.05) is 11.9 Å². The molecule has 1 fully saturated rings. The number of nitrogens with one attached hydrogen (secondary N) is 1. The Labute approximate surface area is 144 Å². The van der Waals surface area contributed by atoms with E-state index in [9.17, 15) is 17.6 Å². The van der Waals surface area contributed by atoms with Crippen LogP contribution in [0.3, 0.4) is 0 Å². The van der Waals surface area contributed by atoms with Crippen molar-refractivity contribution in [3.05, 3.63) is 41.4 Å². The van der Waals surface area contributed by atoms with Gasteiger partial charge in [0.15, 0.2) is 5.82 Å². The van der Waals surface area contributed by atoms with E-state index in [1.165, 1.54) is 19.1 Å². The lowest BCUT2D eigenvalue weighted by Gasteiger charge is -2.23. The van der Waals surface area contributed by atoms with E-state index in [0.717, 1.165) is 10.4 Å². The third-order valence-corrected chi connectivity index (χ3v) is 6.03. The number of amides is 1. The molecule has 134 valence electrons. The van der Waals surface area contributed by atoms with E-state index < -0.39 is 27.8 Å². The molecule has 9 heteroatoms. The summed E-state index contributed by atoms with van der Waals surface area (Å²) in [6.45, 7) is 3.41. The molecule has 25 heavy (non-hydrogen) atoms. The van der Waals surface area contributed by atoms with E-state index in [4.69, 9.17) is 4.52 Å². The van der Waals surface area contributed by atoms with Gasteiger partial charge >= 0.3 is 0 Å². The average Bonchev–Trinajstić information content (AvgIpc) is 3.19. The molecule has 1 aromatic heterocycles. The second-order valence-electron chi connectivity index (χ2n) is 6.00. The number of aromatic nitrogens is 1. The fraction of sp³-hybridized carbons (Fsp3) is 0.375. The van der Waals surface area contributed by atoms with Gasteiger partial charge in [-0.25, -0.2) is 12.8 Å². The van der Waals surface area contributed by atoms with Crippen molar-refractivity contribution in [3.8, 4) is 0 Å². The second-order valence-corrected chi connectivity index (χ2v) is 7.89. The number of nitrogens with zero attached hydrogens (tertiary/aromatic N) is 2. The van der Waals surface area contributed by atoms with Crippen LogP contribution < -0.4 is 5.32 Å². The van der Waals surface area contributed by atoms with E-state index in [1.807, 2.05) is 0 Å². The summed E-state index contributed by atoms with van der Waals surface area (Å²) in [5.74, 6) is -0.165. The number of rotatable bonds is 4. The number of hydrogen-bond acceptors (Lipinski definition) is 5. The Morgan fingerprint density at radius 3 is 2.76 bits per heavy atom. The first kappa shape index (κ1) is 17.6. The minimum absolute atomic E-state index is 0.0246. The normalized spacial score (nSPS) is 18.4. The van der Waals surface area contributed by atoms with Crippen LogP contribution in [0.15, 0.2) is 33.7 Å². The lowest BCUT2D eigenvalue weighted by Crippen LogP contribution is -2.43. The summed E-state index contributed by atoms with van der Waals surface area (Å²) >= 11 is 0. The fourth-order valence-electron chi connectivity index (χ4n) is 2.84. The number of sulfonamides is 1.